The molecule has 0 saturated carbocycles. The van der Waals surface area contributed by atoms with Gasteiger partial charge in [0, 0.05) is 17.5 Å². The highest BCUT2D eigenvalue weighted by atomic mass is 32.1. The maximum Gasteiger partial charge on any atom is 0.181 e. The van der Waals surface area contributed by atoms with Crippen LogP contribution in [0.3, 0.4) is 0 Å². The van der Waals surface area contributed by atoms with Gasteiger partial charge in [-0.25, -0.2) is 4.98 Å². The van der Waals surface area contributed by atoms with Crippen LogP contribution in [0.1, 0.15) is 5.69 Å². The number of aromatic nitrogens is 2. The number of thiazole rings is 1. The van der Waals surface area contributed by atoms with Crippen LogP contribution >= 0.6 is 11.3 Å². The van der Waals surface area contributed by atoms with Crippen LogP contribution in [-0.2, 0) is 0 Å². The van der Waals surface area contributed by atoms with Gasteiger partial charge in [-0.3, -0.25) is 4.98 Å². The smallest absolute Gasteiger partial charge is 0.181 e. The molecule has 4 nitrogen and oxygen atoms in total. The van der Waals surface area contributed by atoms with Gasteiger partial charge in [-0.15, -0.1) is 0 Å². The van der Waals surface area contributed by atoms with E-state index in [1.54, 1.807) is 12.5 Å². The summed E-state index contributed by atoms with van der Waals surface area (Å²) in [6.45, 7) is 1.97. The van der Waals surface area contributed by atoms with E-state index in [1.807, 2.05) is 31.2 Å². The van der Waals surface area contributed by atoms with Gasteiger partial charge in [0.2, 0.25) is 0 Å². The maximum atomic E-state index is 5.82. The fraction of sp³-hybridized carbons (Fsp3) is 0.0769. The van der Waals surface area contributed by atoms with Crippen LogP contribution < -0.4 is 5.73 Å². The molecule has 2 N–H and O–H groups in total. The SMILES string of the molecule is Cc1ncccc1-c1sc(N)nc1-c1ccco1. The summed E-state index contributed by atoms with van der Waals surface area (Å²) in [5, 5.41) is 0.527. The molecule has 0 aliphatic heterocycles. The molecule has 0 aliphatic rings. The summed E-state index contributed by atoms with van der Waals surface area (Å²) < 4.78 is 5.40. The molecule has 3 rings (SSSR count). The Morgan fingerprint density at radius 2 is 2.17 bits per heavy atom. The zero-order chi connectivity index (χ0) is 12.5. The first-order valence-electron chi connectivity index (χ1n) is 5.48. The third-order valence-corrected chi connectivity index (χ3v) is 3.57. The predicted octanol–water partition coefficient (Wildman–Crippen LogP) is 3.36. The van der Waals surface area contributed by atoms with E-state index >= 15 is 0 Å². The monoisotopic (exact) mass is 257 g/mol. The van der Waals surface area contributed by atoms with Crippen molar-refractivity contribution in [3.63, 3.8) is 0 Å². The Labute approximate surface area is 108 Å². The fourth-order valence-electron chi connectivity index (χ4n) is 1.82. The van der Waals surface area contributed by atoms with Crippen LogP contribution in [0.2, 0.25) is 0 Å². The largest absolute Gasteiger partial charge is 0.463 e. The van der Waals surface area contributed by atoms with Crippen molar-refractivity contribution in [2.75, 3.05) is 5.73 Å². The van der Waals surface area contributed by atoms with E-state index in [4.69, 9.17) is 10.2 Å². The molecule has 0 amide bonds. The minimum atomic E-state index is 0.527. The van der Waals surface area contributed by atoms with Gasteiger partial charge in [-0.05, 0) is 25.1 Å². The molecule has 0 fully saturated rings. The van der Waals surface area contributed by atoms with Gasteiger partial charge in [0.15, 0.2) is 10.9 Å². The highest BCUT2D eigenvalue weighted by Gasteiger charge is 2.17. The molecule has 0 spiro atoms. The summed E-state index contributed by atoms with van der Waals surface area (Å²) in [6.07, 6.45) is 3.40. The summed E-state index contributed by atoms with van der Waals surface area (Å²) in [5.74, 6) is 0.723. The lowest BCUT2D eigenvalue weighted by Gasteiger charge is -2.02. The molecular weight excluding hydrogens is 246 g/mol. The summed E-state index contributed by atoms with van der Waals surface area (Å²) in [4.78, 5) is 9.63. The van der Waals surface area contributed by atoms with Gasteiger partial charge in [-0.2, -0.15) is 0 Å². The van der Waals surface area contributed by atoms with Crippen LogP contribution in [-0.4, -0.2) is 9.97 Å². The van der Waals surface area contributed by atoms with Crippen LogP contribution in [0, 0.1) is 6.92 Å². The van der Waals surface area contributed by atoms with Gasteiger partial charge in [0.25, 0.3) is 0 Å². The molecule has 0 bridgehead atoms. The molecule has 3 aromatic heterocycles. The van der Waals surface area contributed by atoms with Crippen LogP contribution in [0.5, 0.6) is 0 Å². The number of hydrogen-bond acceptors (Lipinski definition) is 5. The van der Waals surface area contributed by atoms with E-state index in [0.717, 1.165) is 27.6 Å². The van der Waals surface area contributed by atoms with Crippen LogP contribution in [0.25, 0.3) is 21.9 Å². The Morgan fingerprint density at radius 1 is 1.28 bits per heavy atom. The Balaban J connectivity index is 2.22. The van der Waals surface area contributed by atoms with E-state index in [-0.39, 0.29) is 0 Å². The van der Waals surface area contributed by atoms with E-state index in [0.29, 0.717) is 5.13 Å². The first-order valence-corrected chi connectivity index (χ1v) is 6.29. The van der Waals surface area contributed by atoms with Gasteiger partial charge < -0.3 is 10.2 Å². The standard InChI is InChI=1S/C13H11N3OS/c1-8-9(4-2-6-15-8)12-11(16-13(14)18-12)10-5-3-7-17-10/h2-7H,1H3,(H2,14,16). The highest BCUT2D eigenvalue weighted by Crippen LogP contribution is 2.38. The van der Waals surface area contributed by atoms with Crippen molar-refractivity contribution in [3.05, 3.63) is 42.4 Å². The molecule has 0 unspecified atom stereocenters. The number of pyridine rings is 1. The minimum absolute atomic E-state index is 0.527. The second kappa shape index (κ2) is 4.27. The number of aryl methyl sites for hydroxylation is 1. The average Bonchev–Trinajstić information content (AvgIpc) is 2.98. The second-order valence-corrected chi connectivity index (χ2v) is 4.87. The number of hydrogen-bond donors (Lipinski definition) is 1. The van der Waals surface area contributed by atoms with Gasteiger partial charge in [0.05, 0.1) is 11.1 Å². The Bertz CT molecular complexity index is 673. The summed E-state index contributed by atoms with van der Waals surface area (Å²) >= 11 is 1.45. The zero-order valence-corrected chi connectivity index (χ0v) is 10.6. The van der Waals surface area contributed by atoms with Crippen molar-refractivity contribution in [3.8, 4) is 21.9 Å². The maximum absolute atomic E-state index is 5.82. The van der Waals surface area contributed by atoms with Crippen LogP contribution in [0.4, 0.5) is 5.13 Å². The van der Waals surface area contributed by atoms with Crippen molar-refractivity contribution in [2.24, 2.45) is 0 Å². The van der Waals surface area contributed by atoms with Gasteiger partial charge in [0.1, 0.15) is 5.69 Å². The van der Waals surface area contributed by atoms with E-state index in [1.165, 1.54) is 11.3 Å². The summed E-state index contributed by atoms with van der Waals surface area (Å²) in [6, 6.07) is 7.64. The Kier molecular flexibility index (Phi) is 2.60. The number of rotatable bonds is 2. The number of nitrogens with zero attached hydrogens (tertiary/aromatic N) is 2. The van der Waals surface area contributed by atoms with Gasteiger partial charge >= 0.3 is 0 Å². The van der Waals surface area contributed by atoms with Gasteiger partial charge in [-0.1, -0.05) is 17.4 Å². The number of nitrogens with two attached hydrogens (primary N) is 1. The van der Waals surface area contributed by atoms with Crippen molar-refractivity contribution in [1.82, 2.24) is 9.97 Å². The molecule has 90 valence electrons. The highest BCUT2D eigenvalue weighted by molar-refractivity contribution is 7.19. The molecule has 3 heterocycles. The van der Waals surface area contributed by atoms with Crippen LogP contribution in [0.15, 0.2) is 41.1 Å². The molecule has 0 atom stereocenters. The van der Waals surface area contributed by atoms with E-state index in [2.05, 4.69) is 9.97 Å². The van der Waals surface area contributed by atoms with Crippen molar-refractivity contribution < 1.29 is 4.42 Å². The molecule has 18 heavy (non-hydrogen) atoms. The topological polar surface area (TPSA) is 64.9 Å². The van der Waals surface area contributed by atoms with E-state index < -0.39 is 0 Å². The number of anilines is 1. The lowest BCUT2D eigenvalue weighted by atomic mass is 10.1. The fourth-order valence-corrected chi connectivity index (χ4v) is 2.74. The molecule has 0 radical (unpaired) electrons. The lowest BCUT2D eigenvalue weighted by molar-refractivity contribution is 0.581. The molecule has 0 aromatic carbocycles. The number of nitrogen functional groups attached to an aromatic ring is 1. The molecule has 3 aromatic rings. The van der Waals surface area contributed by atoms with Crippen molar-refractivity contribution in [1.29, 1.82) is 0 Å². The first-order chi connectivity index (χ1) is 8.75. The minimum Gasteiger partial charge on any atom is -0.463 e. The zero-order valence-electron chi connectivity index (χ0n) is 9.75. The first kappa shape index (κ1) is 11.0. The third kappa shape index (κ3) is 1.78. The number of furan rings is 1. The third-order valence-electron chi connectivity index (χ3n) is 2.65. The van der Waals surface area contributed by atoms with Crippen molar-refractivity contribution in [2.45, 2.75) is 6.92 Å². The van der Waals surface area contributed by atoms with Crippen molar-refractivity contribution >= 4 is 16.5 Å². The Morgan fingerprint density at radius 3 is 2.89 bits per heavy atom. The normalized spacial score (nSPS) is 10.7. The average molecular weight is 257 g/mol. The predicted molar refractivity (Wildman–Crippen MR) is 72.2 cm³/mol. The molecular formula is C13H11N3OS. The lowest BCUT2D eigenvalue weighted by Crippen LogP contribution is -1.86. The summed E-state index contributed by atoms with van der Waals surface area (Å²) in [7, 11) is 0. The Hall–Kier alpha value is -2.14. The summed E-state index contributed by atoms with van der Waals surface area (Å²) in [5.41, 5.74) is 8.59. The molecule has 0 saturated heterocycles. The second-order valence-electron chi connectivity index (χ2n) is 3.84. The quantitative estimate of drug-likeness (QED) is 0.764. The molecule has 0 aliphatic carbocycles. The molecule has 5 heteroatoms. The van der Waals surface area contributed by atoms with E-state index in [9.17, 15) is 0 Å².